The molecule has 0 bridgehead atoms. The van der Waals surface area contributed by atoms with Crippen molar-refractivity contribution >= 4 is 10.0 Å². The molecule has 3 aromatic rings. The van der Waals surface area contributed by atoms with Crippen molar-refractivity contribution in [2.45, 2.75) is 43.5 Å². The van der Waals surface area contributed by atoms with Gasteiger partial charge in [0.15, 0.2) is 0 Å². The molecule has 4 heteroatoms. The Balaban J connectivity index is 1.98. The van der Waals surface area contributed by atoms with Gasteiger partial charge in [0.2, 0.25) is 10.0 Å². The fourth-order valence-electron chi connectivity index (χ4n) is 3.97. The first kappa shape index (κ1) is 18.9. The van der Waals surface area contributed by atoms with Crippen molar-refractivity contribution in [3.8, 4) is 11.1 Å². The van der Waals surface area contributed by atoms with Crippen molar-refractivity contribution < 1.29 is 8.42 Å². The van der Waals surface area contributed by atoms with E-state index in [0.717, 1.165) is 22.3 Å². The van der Waals surface area contributed by atoms with Gasteiger partial charge in [-0.1, -0.05) is 87.5 Å². The molecule has 3 nitrogen and oxygen atoms in total. The lowest BCUT2D eigenvalue weighted by molar-refractivity contribution is 0.506. The summed E-state index contributed by atoms with van der Waals surface area (Å²) < 4.78 is 29.5. The molecule has 0 aromatic heterocycles. The van der Waals surface area contributed by atoms with Crippen molar-refractivity contribution in [2.24, 2.45) is 0 Å². The Hall–Kier alpha value is -2.43. The van der Waals surface area contributed by atoms with E-state index in [2.05, 4.69) is 37.6 Å². The van der Waals surface area contributed by atoms with Gasteiger partial charge in [-0.05, 0) is 40.7 Å². The maximum atomic E-state index is 13.3. The van der Waals surface area contributed by atoms with Crippen molar-refractivity contribution in [1.82, 2.24) is 4.72 Å². The third-order valence-electron chi connectivity index (χ3n) is 5.60. The zero-order valence-electron chi connectivity index (χ0n) is 16.7. The Kier molecular flexibility index (Phi) is 4.25. The monoisotopic (exact) mass is 391 g/mol. The largest absolute Gasteiger partial charge is 0.242 e. The van der Waals surface area contributed by atoms with Crippen LogP contribution in [0.3, 0.4) is 0 Å². The highest BCUT2D eigenvalue weighted by Crippen LogP contribution is 2.42. The first-order valence-electron chi connectivity index (χ1n) is 9.47. The summed E-state index contributed by atoms with van der Waals surface area (Å²) in [5.41, 5.74) is 3.93. The summed E-state index contributed by atoms with van der Waals surface area (Å²) in [5, 5.41) is 0. The van der Waals surface area contributed by atoms with Crippen LogP contribution in [0.1, 0.15) is 44.4 Å². The molecule has 28 heavy (non-hydrogen) atoms. The summed E-state index contributed by atoms with van der Waals surface area (Å²) in [6.07, 6.45) is 0. The van der Waals surface area contributed by atoms with Gasteiger partial charge in [0, 0.05) is 5.56 Å². The Morgan fingerprint density at radius 3 is 2.00 bits per heavy atom. The number of rotatable bonds is 1. The van der Waals surface area contributed by atoms with Crippen molar-refractivity contribution in [3.63, 3.8) is 0 Å². The zero-order chi connectivity index (χ0) is 20.2. The van der Waals surface area contributed by atoms with Gasteiger partial charge < -0.3 is 0 Å². The molecule has 0 amide bonds. The summed E-state index contributed by atoms with van der Waals surface area (Å²) in [4.78, 5) is 0.317. The van der Waals surface area contributed by atoms with Gasteiger partial charge >= 0.3 is 0 Å². The van der Waals surface area contributed by atoms with Gasteiger partial charge in [0.05, 0.1) is 10.4 Å². The number of benzene rings is 3. The summed E-state index contributed by atoms with van der Waals surface area (Å²) in [5.74, 6) is 0. The first-order chi connectivity index (χ1) is 13.1. The van der Waals surface area contributed by atoms with Crippen molar-refractivity contribution in [2.75, 3.05) is 0 Å². The predicted octanol–water partition coefficient (Wildman–Crippen LogP) is 5.21. The zero-order valence-corrected chi connectivity index (χ0v) is 17.5. The van der Waals surface area contributed by atoms with E-state index in [4.69, 9.17) is 0 Å². The van der Waals surface area contributed by atoms with E-state index in [-0.39, 0.29) is 5.41 Å². The molecular weight excluding hydrogens is 366 g/mol. The van der Waals surface area contributed by atoms with Crippen LogP contribution in [0.25, 0.3) is 11.1 Å². The van der Waals surface area contributed by atoms with Gasteiger partial charge in [0.25, 0.3) is 0 Å². The number of fused-ring (bicyclic) bond motifs is 3. The molecule has 1 aliphatic heterocycles. The van der Waals surface area contributed by atoms with Crippen LogP contribution >= 0.6 is 0 Å². The van der Waals surface area contributed by atoms with Crippen LogP contribution in [0.2, 0.25) is 0 Å². The van der Waals surface area contributed by atoms with Crippen LogP contribution in [0.5, 0.6) is 0 Å². The Morgan fingerprint density at radius 1 is 0.786 bits per heavy atom. The molecule has 1 aliphatic rings. The summed E-state index contributed by atoms with van der Waals surface area (Å²) in [6.45, 7) is 8.46. The fourth-order valence-corrected chi connectivity index (χ4v) is 5.57. The molecule has 3 aromatic carbocycles. The lowest BCUT2D eigenvalue weighted by Gasteiger charge is -2.32. The van der Waals surface area contributed by atoms with Gasteiger partial charge in [-0.2, -0.15) is 4.72 Å². The fraction of sp³-hybridized carbons (Fsp3) is 0.250. The van der Waals surface area contributed by atoms with E-state index in [1.54, 1.807) is 12.1 Å². The van der Waals surface area contributed by atoms with Crippen LogP contribution in [-0.2, 0) is 21.0 Å². The molecule has 1 N–H and O–H groups in total. The minimum Gasteiger partial charge on any atom is -0.207 e. The smallest absolute Gasteiger partial charge is 0.207 e. The first-order valence-corrected chi connectivity index (χ1v) is 11.0. The van der Waals surface area contributed by atoms with Gasteiger partial charge in [0.1, 0.15) is 0 Å². The predicted molar refractivity (Wildman–Crippen MR) is 114 cm³/mol. The maximum Gasteiger partial charge on any atom is 0.242 e. The van der Waals surface area contributed by atoms with E-state index in [9.17, 15) is 8.42 Å². The van der Waals surface area contributed by atoms with Crippen LogP contribution in [0, 0.1) is 0 Å². The second kappa shape index (κ2) is 6.29. The third-order valence-corrected chi connectivity index (χ3v) is 7.21. The quantitative estimate of drug-likeness (QED) is 0.619. The SMILES string of the molecule is CC(C)(C)c1ccc(C2(C)NS(=O)(=O)c3ccccc3-c3ccccc32)cc1. The number of hydrogen-bond donors (Lipinski definition) is 1. The van der Waals surface area contributed by atoms with E-state index in [1.807, 2.05) is 55.5 Å². The molecule has 1 heterocycles. The van der Waals surface area contributed by atoms with E-state index in [1.165, 1.54) is 5.56 Å². The molecule has 4 rings (SSSR count). The van der Waals surface area contributed by atoms with E-state index < -0.39 is 15.6 Å². The Morgan fingerprint density at radius 2 is 1.36 bits per heavy atom. The molecule has 144 valence electrons. The van der Waals surface area contributed by atoms with Gasteiger partial charge in [-0.25, -0.2) is 8.42 Å². The van der Waals surface area contributed by atoms with Crippen LogP contribution in [0.4, 0.5) is 0 Å². The second-order valence-corrected chi connectivity index (χ2v) is 10.3. The molecule has 0 radical (unpaired) electrons. The van der Waals surface area contributed by atoms with E-state index in [0.29, 0.717) is 4.90 Å². The molecule has 1 unspecified atom stereocenters. The minimum absolute atomic E-state index is 0.0382. The average Bonchev–Trinajstić information content (AvgIpc) is 2.74. The number of sulfonamides is 1. The second-order valence-electron chi connectivity index (χ2n) is 8.60. The molecule has 0 aliphatic carbocycles. The highest BCUT2D eigenvalue weighted by molar-refractivity contribution is 7.89. The number of hydrogen-bond acceptors (Lipinski definition) is 2. The van der Waals surface area contributed by atoms with E-state index >= 15 is 0 Å². The molecule has 0 fully saturated rings. The summed E-state index contributed by atoms with van der Waals surface area (Å²) >= 11 is 0. The Labute approximate surface area is 167 Å². The number of nitrogens with one attached hydrogen (secondary N) is 1. The summed E-state index contributed by atoms with van der Waals surface area (Å²) in [6, 6.07) is 23.4. The average molecular weight is 392 g/mol. The van der Waals surface area contributed by atoms with Crippen LogP contribution in [-0.4, -0.2) is 8.42 Å². The van der Waals surface area contributed by atoms with Gasteiger partial charge in [-0.3, -0.25) is 0 Å². The van der Waals surface area contributed by atoms with Crippen molar-refractivity contribution in [1.29, 1.82) is 0 Å². The minimum atomic E-state index is -3.69. The van der Waals surface area contributed by atoms with Gasteiger partial charge in [-0.15, -0.1) is 0 Å². The third kappa shape index (κ3) is 2.97. The Bertz CT molecular complexity index is 1140. The lowest BCUT2D eigenvalue weighted by Crippen LogP contribution is -2.43. The highest BCUT2D eigenvalue weighted by atomic mass is 32.2. The maximum absolute atomic E-state index is 13.3. The lowest BCUT2D eigenvalue weighted by atomic mass is 9.79. The summed E-state index contributed by atoms with van der Waals surface area (Å²) in [7, 11) is -3.69. The highest BCUT2D eigenvalue weighted by Gasteiger charge is 2.40. The molecule has 0 saturated carbocycles. The topological polar surface area (TPSA) is 46.2 Å². The molecule has 0 saturated heterocycles. The van der Waals surface area contributed by atoms with Crippen LogP contribution < -0.4 is 4.72 Å². The molecule has 1 atom stereocenters. The standard InChI is InChI=1S/C24H25NO2S/c1-23(2,3)17-13-15-18(16-14-17)24(4)21-11-7-5-9-19(21)20-10-6-8-12-22(20)28(26,27)25-24/h5-16,25H,1-4H3. The normalized spacial score (nSPS) is 20.7. The molecular formula is C24H25NO2S. The van der Waals surface area contributed by atoms with Crippen molar-refractivity contribution in [3.05, 3.63) is 89.5 Å². The van der Waals surface area contributed by atoms with Crippen LogP contribution in [0.15, 0.2) is 77.7 Å². The molecule has 0 spiro atoms.